The summed E-state index contributed by atoms with van der Waals surface area (Å²) < 4.78 is 10.7. The Hall–Kier alpha value is -2.29. The largest absolute Gasteiger partial charge is 0.496 e. The maximum Gasteiger partial charge on any atom is 0.306 e. The van der Waals surface area contributed by atoms with Crippen molar-refractivity contribution in [1.82, 2.24) is 0 Å². The standard InChI is InChI=1S/C21H24O3/c1-4-24-21(22)13-18-11-16-9-14(2)20(23-3)12-17(16)10-15-7-5-6-8-19(15)18/h5-9,12,18H,4,10-11,13H2,1-3H3. The minimum absolute atomic E-state index is 0.119. The van der Waals surface area contributed by atoms with E-state index in [0.717, 1.165) is 24.2 Å². The Morgan fingerprint density at radius 1 is 1.17 bits per heavy atom. The first kappa shape index (κ1) is 16.6. The number of aryl methyl sites for hydroxylation is 1. The van der Waals surface area contributed by atoms with E-state index in [1.54, 1.807) is 7.11 Å². The summed E-state index contributed by atoms with van der Waals surface area (Å²) in [4.78, 5) is 12.1. The highest BCUT2D eigenvalue weighted by Gasteiger charge is 2.25. The van der Waals surface area contributed by atoms with Crippen LogP contribution in [0.5, 0.6) is 5.75 Å². The molecule has 0 aliphatic heterocycles. The second kappa shape index (κ2) is 7.08. The van der Waals surface area contributed by atoms with Crippen molar-refractivity contribution in [2.75, 3.05) is 13.7 Å². The van der Waals surface area contributed by atoms with E-state index >= 15 is 0 Å². The van der Waals surface area contributed by atoms with Gasteiger partial charge in [0.2, 0.25) is 0 Å². The lowest BCUT2D eigenvalue weighted by Crippen LogP contribution is -2.13. The molecule has 0 bridgehead atoms. The zero-order chi connectivity index (χ0) is 17.1. The van der Waals surface area contributed by atoms with Crippen LogP contribution in [0.2, 0.25) is 0 Å². The van der Waals surface area contributed by atoms with Gasteiger partial charge in [-0.2, -0.15) is 0 Å². The molecular weight excluding hydrogens is 300 g/mol. The Bertz CT molecular complexity index is 749. The number of carbonyl (C=O) groups is 1. The Morgan fingerprint density at radius 3 is 2.71 bits per heavy atom. The molecule has 1 atom stereocenters. The third-order valence-electron chi connectivity index (χ3n) is 4.78. The third kappa shape index (κ3) is 3.30. The number of benzene rings is 2. The molecule has 1 unspecified atom stereocenters. The lowest BCUT2D eigenvalue weighted by atomic mass is 9.88. The average Bonchev–Trinajstić information content (AvgIpc) is 2.71. The van der Waals surface area contributed by atoms with E-state index in [0.29, 0.717) is 13.0 Å². The van der Waals surface area contributed by atoms with Crippen molar-refractivity contribution in [2.24, 2.45) is 0 Å². The molecule has 3 nitrogen and oxygen atoms in total. The fraction of sp³-hybridized carbons (Fsp3) is 0.381. The van der Waals surface area contributed by atoms with E-state index < -0.39 is 0 Å². The Labute approximate surface area is 143 Å². The lowest BCUT2D eigenvalue weighted by molar-refractivity contribution is -0.143. The zero-order valence-corrected chi connectivity index (χ0v) is 14.6. The van der Waals surface area contributed by atoms with E-state index in [4.69, 9.17) is 9.47 Å². The topological polar surface area (TPSA) is 35.5 Å². The monoisotopic (exact) mass is 324 g/mol. The highest BCUT2D eigenvalue weighted by atomic mass is 16.5. The Kier molecular flexibility index (Phi) is 4.89. The van der Waals surface area contributed by atoms with Crippen molar-refractivity contribution in [1.29, 1.82) is 0 Å². The molecule has 1 aliphatic carbocycles. The first-order chi connectivity index (χ1) is 11.6. The van der Waals surface area contributed by atoms with Crippen LogP contribution in [0.1, 0.15) is 47.1 Å². The normalized spacial score (nSPS) is 15.9. The summed E-state index contributed by atoms with van der Waals surface area (Å²) in [5.74, 6) is 0.968. The molecule has 0 saturated heterocycles. The first-order valence-corrected chi connectivity index (χ1v) is 8.52. The molecule has 3 rings (SSSR count). The van der Waals surface area contributed by atoms with Crippen LogP contribution in [0.15, 0.2) is 36.4 Å². The zero-order valence-electron chi connectivity index (χ0n) is 14.6. The quantitative estimate of drug-likeness (QED) is 0.791. The minimum atomic E-state index is -0.119. The van der Waals surface area contributed by atoms with E-state index in [9.17, 15) is 4.79 Å². The smallest absolute Gasteiger partial charge is 0.306 e. The number of carbonyl (C=O) groups excluding carboxylic acids is 1. The number of methoxy groups -OCH3 is 1. The molecule has 2 aromatic rings. The van der Waals surface area contributed by atoms with Crippen LogP contribution in [0.3, 0.4) is 0 Å². The van der Waals surface area contributed by atoms with Crippen LogP contribution in [-0.2, 0) is 22.4 Å². The molecule has 3 heteroatoms. The number of hydrogen-bond donors (Lipinski definition) is 0. The van der Waals surface area contributed by atoms with Gasteiger partial charge in [0.05, 0.1) is 20.1 Å². The second-order valence-electron chi connectivity index (χ2n) is 6.38. The summed E-state index contributed by atoms with van der Waals surface area (Å²) in [5.41, 5.74) is 6.28. The highest BCUT2D eigenvalue weighted by Crippen LogP contribution is 2.36. The third-order valence-corrected chi connectivity index (χ3v) is 4.78. The van der Waals surface area contributed by atoms with Gasteiger partial charge in [0, 0.05) is 0 Å². The van der Waals surface area contributed by atoms with Crippen LogP contribution < -0.4 is 4.74 Å². The predicted molar refractivity (Wildman–Crippen MR) is 94.7 cm³/mol. The van der Waals surface area contributed by atoms with Gasteiger partial charge < -0.3 is 9.47 Å². The van der Waals surface area contributed by atoms with Gasteiger partial charge in [-0.05, 0) is 66.5 Å². The van der Waals surface area contributed by atoms with Crippen LogP contribution in [0, 0.1) is 6.92 Å². The fourth-order valence-electron chi connectivity index (χ4n) is 3.64. The molecule has 0 saturated carbocycles. The van der Waals surface area contributed by atoms with Crippen molar-refractivity contribution in [3.8, 4) is 5.75 Å². The van der Waals surface area contributed by atoms with Crippen molar-refractivity contribution in [2.45, 2.75) is 39.0 Å². The second-order valence-corrected chi connectivity index (χ2v) is 6.38. The van der Waals surface area contributed by atoms with Crippen molar-refractivity contribution < 1.29 is 14.3 Å². The molecule has 2 aromatic carbocycles. The average molecular weight is 324 g/mol. The van der Waals surface area contributed by atoms with Crippen LogP contribution >= 0.6 is 0 Å². The highest BCUT2D eigenvalue weighted by molar-refractivity contribution is 5.71. The molecule has 0 aromatic heterocycles. The maximum atomic E-state index is 12.1. The molecule has 126 valence electrons. The van der Waals surface area contributed by atoms with Gasteiger partial charge in [0.15, 0.2) is 0 Å². The van der Waals surface area contributed by atoms with Gasteiger partial charge in [-0.3, -0.25) is 4.79 Å². The van der Waals surface area contributed by atoms with E-state index in [1.807, 2.05) is 6.92 Å². The number of ether oxygens (including phenoxy) is 2. The molecule has 0 amide bonds. The lowest BCUT2D eigenvalue weighted by Gasteiger charge is -2.17. The van der Waals surface area contributed by atoms with E-state index in [1.165, 1.54) is 22.3 Å². The molecule has 24 heavy (non-hydrogen) atoms. The summed E-state index contributed by atoms with van der Waals surface area (Å²) in [5, 5.41) is 0. The SMILES string of the molecule is CCOC(=O)CC1Cc2cc(C)c(OC)cc2Cc2ccccc21. The summed E-state index contributed by atoms with van der Waals surface area (Å²) >= 11 is 0. The summed E-state index contributed by atoms with van der Waals surface area (Å²) in [6.45, 7) is 4.35. The molecule has 0 N–H and O–H groups in total. The van der Waals surface area contributed by atoms with E-state index in [-0.39, 0.29) is 11.9 Å². The van der Waals surface area contributed by atoms with Crippen LogP contribution in [0.4, 0.5) is 0 Å². The number of rotatable bonds is 4. The fourth-order valence-corrected chi connectivity index (χ4v) is 3.64. The van der Waals surface area contributed by atoms with Gasteiger partial charge in [0.1, 0.15) is 5.75 Å². The van der Waals surface area contributed by atoms with Gasteiger partial charge in [-0.15, -0.1) is 0 Å². The number of hydrogen-bond acceptors (Lipinski definition) is 3. The van der Waals surface area contributed by atoms with Crippen molar-refractivity contribution >= 4 is 5.97 Å². The molecular formula is C21H24O3. The Balaban J connectivity index is 2.02. The Morgan fingerprint density at radius 2 is 1.96 bits per heavy atom. The van der Waals surface area contributed by atoms with Crippen LogP contribution in [-0.4, -0.2) is 19.7 Å². The van der Waals surface area contributed by atoms with Gasteiger partial charge in [-0.1, -0.05) is 30.3 Å². The molecule has 0 radical (unpaired) electrons. The molecule has 0 heterocycles. The predicted octanol–water partition coefficient (Wildman–Crippen LogP) is 4.19. The van der Waals surface area contributed by atoms with E-state index in [2.05, 4.69) is 43.3 Å². The number of fused-ring (bicyclic) bond motifs is 2. The summed E-state index contributed by atoms with van der Waals surface area (Å²) in [7, 11) is 1.71. The first-order valence-electron chi connectivity index (χ1n) is 8.52. The maximum absolute atomic E-state index is 12.1. The van der Waals surface area contributed by atoms with Gasteiger partial charge >= 0.3 is 5.97 Å². The van der Waals surface area contributed by atoms with Gasteiger partial charge in [-0.25, -0.2) is 0 Å². The molecule has 0 spiro atoms. The van der Waals surface area contributed by atoms with Crippen molar-refractivity contribution in [3.63, 3.8) is 0 Å². The van der Waals surface area contributed by atoms with Crippen LogP contribution in [0.25, 0.3) is 0 Å². The molecule has 0 fully saturated rings. The summed E-state index contributed by atoms with van der Waals surface area (Å²) in [6, 6.07) is 12.8. The summed E-state index contributed by atoms with van der Waals surface area (Å²) in [6.07, 6.45) is 2.16. The minimum Gasteiger partial charge on any atom is -0.496 e. The van der Waals surface area contributed by atoms with Gasteiger partial charge in [0.25, 0.3) is 0 Å². The van der Waals surface area contributed by atoms with Crippen molar-refractivity contribution in [3.05, 3.63) is 64.2 Å². The molecule has 1 aliphatic rings. The number of esters is 1.